The van der Waals surface area contributed by atoms with E-state index >= 15 is 0 Å². The summed E-state index contributed by atoms with van der Waals surface area (Å²) in [5, 5.41) is 20.8. The Hall–Kier alpha value is -2.09. The van der Waals surface area contributed by atoms with E-state index in [2.05, 4.69) is 16.4 Å². The maximum atomic E-state index is 10.7. The minimum Gasteiger partial charge on any atom is -0.481 e. The lowest BCUT2D eigenvalue weighted by Gasteiger charge is -2.12. The Morgan fingerprint density at radius 3 is 2.82 bits per heavy atom. The number of hydrogen-bond donors (Lipinski definition) is 2. The molecule has 1 atom stereocenters. The summed E-state index contributed by atoms with van der Waals surface area (Å²) in [5.41, 5.74) is 2.56. The molecular weight excluding hydrogens is 218 g/mol. The Bertz CT molecular complexity index is 477. The quantitative estimate of drug-likeness (QED) is 0.826. The highest BCUT2D eigenvalue weighted by Crippen LogP contribution is 2.18. The van der Waals surface area contributed by atoms with Crippen molar-refractivity contribution in [2.24, 2.45) is 5.92 Å². The van der Waals surface area contributed by atoms with Crippen molar-refractivity contribution in [3.63, 3.8) is 0 Å². The molecule has 0 bridgehead atoms. The summed E-state index contributed by atoms with van der Waals surface area (Å²) >= 11 is 0. The zero-order valence-electron chi connectivity index (χ0n) is 10.1. The third-order valence-electron chi connectivity index (χ3n) is 2.46. The standard InChI is InChI=1S/C12H15N3O2/c1-7(12(16)17)6-14-11-4-8(2)15-9(3)10(11)5-13/h4,7H,6H2,1-3H3,(H,14,15)(H,16,17). The lowest BCUT2D eigenvalue weighted by molar-refractivity contribution is -0.140. The van der Waals surface area contributed by atoms with E-state index in [1.165, 1.54) is 0 Å². The fourth-order valence-electron chi connectivity index (χ4n) is 1.46. The highest BCUT2D eigenvalue weighted by Gasteiger charge is 2.13. The Morgan fingerprint density at radius 2 is 2.29 bits per heavy atom. The molecule has 0 saturated heterocycles. The maximum absolute atomic E-state index is 10.7. The average molecular weight is 233 g/mol. The number of carbonyl (C=O) groups is 1. The Morgan fingerprint density at radius 1 is 1.65 bits per heavy atom. The van der Waals surface area contributed by atoms with Crippen molar-refractivity contribution in [1.82, 2.24) is 4.98 Å². The van der Waals surface area contributed by atoms with Crippen molar-refractivity contribution < 1.29 is 9.90 Å². The van der Waals surface area contributed by atoms with Crippen LogP contribution in [0, 0.1) is 31.1 Å². The molecular formula is C12H15N3O2. The van der Waals surface area contributed by atoms with Crippen LogP contribution >= 0.6 is 0 Å². The number of aryl methyl sites for hydroxylation is 2. The molecule has 1 heterocycles. The second-order valence-electron chi connectivity index (χ2n) is 4.00. The fourth-order valence-corrected chi connectivity index (χ4v) is 1.46. The van der Waals surface area contributed by atoms with Crippen LogP contribution in [0.2, 0.25) is 0 Å². The van der Waals surface area contributed by atoms with Gasteiger partial charge in [-0.1, -0.05) is 6.92 Å². The van der Waals surface area contributed by atoms with Gasteiger partial charge in [0.2, 0.25) is 0 Å². The molecule has 0 amide bonds. The molecule has 0 aliphatic rings. The van der Waals surface area contributed by atoms with Crippen molar-refractivity contribution >= 4 is 11.7 Å². The first-order valence-corrected chi connectivity index (χ1v) is 5.30. The average Bonchev–Trinajstić information content (AvgIpc) is 2.24. The molecule has 5 nitrogen and oxygen atoms in total. The molecule has 1 aromatic heterocycles. The van der Waals surface area contributed by atoms with Gasteiger partial charge in [-0.05, 0) is 19.9 Å². The number of nitrogens with one attached hydrogen (secondary N) is 1. The number of pyridine rings is 1. The van der Waals surface area contributed by atoms with E-state index in [-0.39, 0.29) is 6.54 Å². The molecule has 0 fully saturated rings. The molecule has 90 valence electrons. The number of hydrogen-bond acceptors (Lipinski definition) is 4. The minimum absolute atomic E-state index is 0.285. The second kappa shape index (κ2) is 5.30. The number of aliphatic carboxylic acids is 1. The molecule has 17 heavy (non-hydrogen) atoms. The van der Waals surface area contributed by atoms with Gasteiger partial charge in [-0.2, -0.15) is 5.26 Å². The fraction of sp³-hybridized carbons (Fsp3) is 0.417. The third-order valence-corrected chi connectivity index (χ3v) is 2.46. The smallest absolute Gasteiger partial charge is 0.308 e. The minimum atomic E-state index is -0.862. The largest absolute Gasteiger partial charge is 0.481 e. The first kappa shape index (κ1) is 13.0. The van der Waals surface area contributed by atoms with Crippen LogP contribution in [0.5, 0.6) is 0 Å². The maximum Gasteiger partial charge on any atom is 0.308 e. The van der Waals surface area contributed by atoms with E-state index in [9.17, 15) is 4.79 Å². The van der Waals surface area contributed by atoms with Crippen LogP contribution in [0.25, 0.3) is 0 Å². The number of carboxylic acids is 1. The van der Waals surface area contributed by atoms with Crippen molar-refractivity contribution in [3.05, 3.63) is 23.0 Å². The number of aromatic nitrogens is 1. The number of nitrogens with zero attached hydrogens (tertiary/aromatic N) is 2. The van der Waals surface area contributed by atoms with Crippen LogP contribution in [0.4, 0.5) is 5.69 Å². The van der Waals surface area contributed by atoms with Crippen LogP contribution < -0.4 is 5.32 Å². The van der Waals surface area contributed by atoms with Crippen LogP contribution in [-0.2, 0) is 4.79 Å². The van der Waals surface area contributed by atoms with E-state index < -0.39 is 11.9 Å². The Labute approximate surface area is 100 Å². The second-order valence-corrected chi connectivity index (χ2v) is 4.00. The van der Waals surface area contributed by atoms with Gasteiger partial charge in [-0.25, -0.2) is 0 Å². The SMILES string of the molecule is Cc1cc(NCC(C)C(=O)O)c(C#N)c(C)n1. The highest BCUT2D eigenvalue weighted by molar-refractivity contribution is 5.70. The van der Waals surface area contributed by atoms with Gasteiger partial charge in [0.25, 0.3) is 0 Å². The predicted molar refractivity (Wildman–Crippen MR) is 63.7 cm³/mol. The molecule has 5 heteroatoms. The molecule has 0 aliphatic heterocycles. The third kappa shape index (κ3) is 3.18. The number of nitriles is 1. The zero-order chi connectivity index (χ0) is 13.0. The monoisotopic (exact) mass is 233 g/mol. The lowest BCUT2D eigenvalue weighted by atomic mass is 10.1. The Balaban J connectivity index is 2.91. The number of anilines is 1. The van der Waals surface area contributed by atoms with Crippen LogP contribution in [0.1, 0.15) is 23.9 Å². The molecule has 1 rings (SSSR count). The van der Waals surface area contributed by atoms with Gasteiger partial charge in [0.15, 0.2) is 0 Å². The van der Waals surface area contributed by atoms with Crippen molar-refractivity contribution in [3.8, 4) is 6.07 Å². The van der Waals surface area contributed by atoms with E-state index in [1.807, 2.05) is 6.92 Å². The zero-order valence-corrected chi connectivity index (χ0v) is 10.1. The molecule has 2 N–H and O–H groups in total. The van der Waals surface area contributed by atoms with Gasteiger partial charge in [0.05, 0.1) is 22.9 Å². The molecule has 0 aliphatic carbocycles. The van der Waals surface area contributed by atoms with Gasteiger partial charge >= 0.3 is 5.97 Å². The summed E-state index contributed by atoms with van der Waals surface area (Å²) in [7, 11) is 0. The van der Waals surface area contributed by atoms with Crippen LogP contribution in [0.3, 0.4) is 0 Å². The number of carboxylic acid groups (broad SMARTS) is 1. The van der Waals surface area contributed by atoms with Gasteiger partial charge in [0, 0.05) is 12.2 Å². The van der Waals surface area contributed by atoms with Gasteiger partial charge in [0.1, 0.15) is 6.07 Å². The summed E-state index contributed by atoms with van der Waals surface area (Å²) in [5.74, 6) is -1.37. The normalized spacial score (nSPS) is 11.6. The van der Waals surface area contributed by atoms with Gasteiger partial charge in [-0.3, -0.25) is 9.78 Å². The Kier molecular flexibility index (Phi) is 4.05. The molecule has 1 aromatic rings. The lowest BCUT2D eigenvalue weighted by Crippen LogP contribution is -2.20. The summed E-state index contributed by atoms with van der Waals surface area (Å²) in [6.07, 6.45) is 0. The molecule has 1 unspecified atom stereocenters. The van der Waals surface area contributed by atoms with E-state index in [0.29, 0.717) is 16.9 Å². The molecule has 0 radical (unpaired) electrons. The van der Waals surface area contributed by atoms with Gasteiger partial charge in [-0.15, -0.1) is 0 Å². The van der Waals surface area contributed by atoms with E-state index in [1.54, 1.807) is 19.9 Å². The van der Waals surface area contributed by atoms with Crippen molar-refractivity contribution in [1.29, 1.82) is 5.26 Å². The molecule has 0 saturated carbocycles. The van der Waals surface area contributed by atoms with Crippen molar-refractivity contribution in [2.75, 3.05) is 11.9 Å². The first-order chi connectivity index (χ1) is 7.95. The van der Waals surface area contributed by atoms with E-state index in [4.69, 9.17) is 10.4 Å². The first-order valence-electron chi connectivity index (χ1n) is 5.30. The van der Waals surface area contributed by atoms with Crippen LogP contribution in [-0.4, -0.2) is 22.6 Å². The number of rotatable bonds is 4. The summed E-state index contributed by atoms with van der Waals surface area (Å²) in [4.78, 5) is 14.9. The molecule has 0 spiro atoms. The highest BCUT2D eigenvalue weighted by atomic mass is 16.4. The molecule has 0 aromatic carbocycles. The van der Waals surface area contributed by atoms with E-state index in [0.717, 1.165) is 5.69 Å². The van der Waals surface area contributed by atoms with Crippen molar-refractivity contribution in [2.45, 2.75) is 20.8 Å². The van der Waals surface area contributed by atoms with Gasteiger partial charge < -0.3 is 10.4 Å². The predicted octanol–water partition coefficient (Wildman–Crippen LogP) is 1.70. The summed E-state index contributed by atoms with van der Waals surface area (Å²) in [6.45, 7) is 5.49. The summed E-state index contributed by atoms with van der Waals surface area (Å²) in [6, 6.07) is 3.82. The van der Waals surface area contributed by atoms with Crippen LogP contribution in [0.15, 0.2) is 6.07 Å². The summed E-state index contributed by atoms with van der Waals surface area (Å²) < 4.78 is 0. The topological polar surface area (TPSA) is 86.0 Å².